The molecule has 3 heterocycles. The molecule has 4 aromatic rings. The quantitative estimate of drug-likeness (QED) is 0.439. The van der Waals surface area contributed by atoms with Crippen molar-refractivity contribution in [1.29, 1.82) is 0 Å². The number of hydrogen-bond acceptors (Lipinski definition) is 4. The Balaban J connectivity index is 1.46. The Kier molecular flexibility index (Phi) is 4.80. The summed E-state index contributed by atoms with van der Waals surface area (Å²) in [5, 5.41) is 0. The first-order chi connectivity index (χ1) is 14.4. The number of halogens is 1. The Hall–Kier alpha value is -2.42. The van der Waals surface area contributed by atoms with Gasteiger partial charge in [-0.05, 0) is 48.9 Å². The first-order valence-corrected chi connectivity index (χ1v) is 12.1. The van der Waals surface area contributed by atoms with Gasteiger partial charge in [0, 0.05) is 36.8 Å². The molecule has 1 aliphatic heterocycles. The van der Waals surface area contributed by atoms with Crippen LogP contribution in [0.25, 0.3) is 16.6 Å². The Morgan fingerprint density at radius 1 is 0.933 bits per heavy atom. The molecule has 2 aromatic carbocycles. The fraction of sp³-hybridized carbons (Fsp3) is 0.227. The molecule has 8 heteroatoms. The normalized spacial score (nSPS) is 15.9. The Morgan fingerprint density at radius 3 is 2.47 bits per heavy atom. The van der Waals surface area contributed by atoms with Gasteiger partial charge in [0.25, 0.3) is 0 Å². The monoisotopic (exact) mass is 484 g/mol. The van der Waals surface area contributed by atoms with Gasteiger partial charge < -0.3 is 9.30 Å². The lowest BCUT2D eigenvalue weighted by molar-refractivity contribution is 0.384. The number of aromatic nitrogens is 2. The summed E-state index contributed by atoms with van der Waals surface area (Å²) in [4.78, 5) is 7.50. The zero-order valence-corrected chi connectivity index (χ0v) is 18.9. The lowest BCUT2D eigenvalue weighted by Crippen LogP contribution is -2.49. The highest BCUT2D eigenvalue weighted by Gasteiger charge is 2.30. The van der Waals surface area contributed by atoms with Crippen molar-refractivity contribution in [3.05, 3.63) is 70.8 Å². The maximum Gasteiger partial charge on any atom is 0.243 e. The maximum absolute atomic E-state index is 13.1. The summed E-state index contributed by atoms with van der Waals surface area (Å²) in [7, 11) is -3.50. The van der Waals surface area contributed by atoms with Gasteiger partial charge in [0.05, 0.1) is 21.4 Å². The summed E-state index contributed by atoms with van der Waals surface area (Å²) in [6.07, 6.45) is 2.04. The van der Waals surface area contributed by atoms with Crippen LogP contribution in [0, 0.1) is 6.92 Å². The van der Waals surface area contributed by atoms with Crippen LogP contribution in [-0.2, 0) is 10.0 Å². The van der Waals surface area contributed by atoms with Crippen LogP contribution < -0.4 is 4.90 Å². The van der Waals surface area contributed by atoms with Crippen molar-refractivity contribution in [2.24, 2.45) is 0 Å². The molecular weight excluding hydrogens is 464 g/mol. The van der Waals surface area contributed by atoms with E-state index in [2.05, 4.69) is 37.4 Å². The molecule has 0 amide bonds. The highest BCUT2D eigenvalue weighted by molar-refractivity contribution is 9.10. The second-order valence-corrected chi connectivity index (χ2v) is 10.3. The second-order valence-electron chi connectivity index (χ2n) is 7.49. The summed E-state index contributed by atoms with van der Waals surface area (Å²) in [6, 6.07) is 17.3. The molecule has 5 rings (SSSR count). The largest absolute Gasteiger partial charge is 0.352 e. The van der Waals surface area contributed by atoms with Gasteiger partial charge in [-0.1, -0.05) is 34.1 Å². The van der Waals surface area contributed by atoms with Crippen molar-refractivity contribution in [1.82, 2.24) is 13.7 Å². The van der Waals surface area contributed by atoms with Crippen molar-refractivity contribution in [3.63, 3.8) is 0 Å². The number of sulfonamides is 1. The first-order valence-electron chi connectivity index (χ1n) is 9.82. The molecule has 0 radical (unpaired) electrons. The van der Waals surface area contributed by atoms with E-state index in [1.807, 2.05) is 43.5 Å². The average molecular weight is 485 g/mol. The minimum absolute atomic E-state index is 0.390. The van der Waals surface area contributed by atoms with Gasteiger partial charge >= 0.3 is 0 Å². The number of rotatable bonds is 3. The van der Waals surface area contributed by atoms with Crippen LogP contribution in [-0.4, -0.2) is 48.3 Å². The Labute approximate surface area is 183 Å². The van der Waals surface area contributed by atoms with Crippen LogP contribution in [0.1, 0.15) is 5.56 Å². The number of piperazine rings is 1. The van der Waals surface area contributed by atoms with E-state index in [-0.39, 0.29) is 0 Å². The molecule has 2 aromatic heterocycles. The fourth-order valence-electron chi connectivity index (χ4n) is 4.09. The molecule has 30 heavy (non-hydrogen) atoms. The first kappa shape index (κ1) is 19.5. The van der Waals surface area contributed by atoms with Crippen LogP contribution in [0.4, 0.5) is 5.82 Å². The van der Waals surface area contributed by atoms with Gasteiger partial charge in [-0.3, -0.25) is 0 Å². The van der Waals surface area contributed by atoms with Gasteiger partial charge in [-0.2, -0.15) is 4.31 Å². The van der Waals surface area contributed by atoms with Crippen molar-refractivity contribution >= 4 is 48.3 Å². The van der Waals surface area contributed by atoms with Crippen LogP contribution >= 0.6 is 15.9 Å². The average Bonchev–Trinajstić information content (AvgIpc) is 3.23. The molecule has 6 nitrogen and oxygen atoms in total. The molecule has 0 spiro atoms. The van der Waals surface area contributed by atoms with Gasteiger partial charge in [0.1, 0.15) is 0 Å². The maximum atomic E-state index is 13.1. The van der Waals surface area contributed by atoms with E-state index in [0.29, 0.717) is 31.1 Å². The molecular formula is C22H21BrN4O2S. The molecule has 1 aliphatic rings. The summed E-state index contributed by atoms with van der Waals surface area (Å²) < 4.78 is 30.9. The van der Waals surface area contributed by atoms with Gasteiger partial charge in [-0.15, -0.1) is 0 Å². The van der Waals surface area contributed by atoms with Crippen LogP contribution in [0.3, 0.4) is 0 Å². The molecule has 0 aliphatic carbocycles. The van der Waals surface area contributed by atoms with E-state index >= 15 is 0 Å². The predicted octanol–water partition coefficient (Wildman–Crippen LogP) is 4.07. The number of hydrogen-bond donors (Lipinski definition) is 0. The van der Waals surface area contributed by atoms with Crippen LogP contribution in [0.5, 0.6) is 0 Å². The lowest BCUT2D eigenvalue weighted by atomic mass is 10.2. The van der Waals surface area contributed by atoms with Crippen molar-refractivity contribution in [3.8, 4) is 0 Å². The summed E-state index contributed by atoms with van der Waals surface area (Å²) in [5.41, 5.74) is 3.75. The van der Waals surface area contributed by atoms with E-state index in [1.165, 1.54) is 0 Å². The molecule has 1 saturated heterocycles. The molecule has 0 saturated carbocycles. The van der Waals surface area contributed by atoms with E-state index < -0.39 is 10.0 Å². The van der Waals surface area contributed by atoms with Crippen LogP contribution in [0.2, 0.25) is 0 Å². The topological polar surface area (TPSA) is 57.9 Å². The summed E-state index contributed by atoms with van der Waals surface area (Å²) in [5.74, 6) is 0.888. The standard InChI is InChI=1S/C22H21BrN4O2S/c1-16-5-2-3-7-21(16)30(28,29)26-13-11-25(12-14-26)22-20-6-4-10-27(20)19-9-8-17(23)15-18(19)24-22/h2-10,15H,11-14H2,1H3. The number of nitrogens with zero attached hydrogens (tertiary/aromatic N) is 4. The molecule has 1 fully saturated rings. The minimum atomic E-state index is -3.50. The van der Waals surface area contributed by atoms with Crippen molar-refractivity contribution in [2.75, 3.05) is 31.1 Å². The number of fused-ring (bicyclic) bond motifs is 3. The third-order valence-corrected chi connectivity index (χ3v) is 8.20. The third-order valence-electron chi connectivity index (χ3n) is 5.65. The van der Waals surface area contributed by atoms with Gasteiger partial charge in [0.15, 0.2) is 5.82 Å². The number of aryl methyl sites for hydroxylation is 1. The fourth-order valence-corrected chi connectivity index (χ4v) is 6.09. The van der Waals surface area contributed by atoms with Gasteiger partial charge in [-0.25, -0.2) is 13.4 Å². The molecule has 154 valence electrons. The lowest BCUT2D eigenvalue weighted by Gasteiger charge is -2.35. The van der Waals surface area contributed by atoms with E-state index in [9.17, 15) is 8.42 Å². The second kappa shape index (κ2) is 7.37. The number of anilines is 1. The van der Waals surface area contributed by atoms with Crippen LogP contribution in [0.15, 0.2) is 70.2 Å². The van der Waals surface area contributed by atoms with E-state index in [4.69, 9.17) is 4.98 Å². The zero-order chi connectivity index (χ0) is 20.9. The molecule has 0 unspecified atom stereocenters. The van der Waals surface area contributed by atoms with Crippen molar-refractivity contribution < 1.29 is 8.42 Å². The summed E-state index contributed by atoms with van der Waals surface area (Å²) >= 11 is 3.53. The highest BCUT2D eigenvalue weighted by Crippen LogP contribution is 2.29. The van der Waals surface area contributed by atoms with Gasteiger partial charge in [0.2, 0.25) is 10.0 Å². The summed E-state index contributed by atoms with van der Waals surface area (Å²) in [6.45, 7) is 3.89. The smallest absolute Gasteiger partial charge is 0.243 e. The molecule has 0 bridgehead atoms. The highest BCUT2D eigenvalue weighted by atomic mass is 79.9. The predicted molar refractivity (Wildman–Crippen MR) is 123 cm³/mol. The van der Waals surface area contributed by atoms with E-state index in [0.717, 1.165) is 32.4 Å². The Morgan fingerprint density at radius 2 is 1.70 bits per heavy atom. The van der Waals surface area contributed by atoms with Crippen molar-refractivity contribution in [2.45, 2.75) is 11.8 Å². The SMILES string of the molecule is Cc1ccccc1S(=O)(=O)N1CCN(c2nc3cc(Br)ccc3n3cccc23)CC1. The zero-order valence-electron chi connectivity index (χ0n) is 16.5. The molecule has 0 atom stereocenters. The number of benzene rings is 2. The minimum Gasteiger partial charge on any atom is -0.352 e. The Bertz CT molecular complexity index is 1360. The molecule has 0 N–H and O–H groups in total. The third kappa shape index (κ3) is 3.19. The van der Waals surface area contributed by atoms with E-state index in [1.54, 1.807) is 16.4 Å².